The second kappa shape index (κ2) is 5.00. The number of aromatic nitrogens is 2. The lowest BCUT2D eigenvalue weighted by Crippen LogP contribution is -1.92. The molecule has 4 nitrogen and oxygen atoms in total. The van der Waals surface area contributed by atoms with Gasteiger partial charge in [0.05, 0.1) is 17.4 Å². The quantitative estimate of drug-likeness (QED) is 0.544. The Morgan fingerprint density at radius 3 is 2.64 bits per heavy atom. The Balaban J connectivity index is 1.72. The fraction of sp³-hybridized carbons (Fsp3) is 0. The van der Waals surface area contributed by atoms with E-state index < -0.39 is 0 Å². The van der Waals surface area contributed by atoms with E-state index in [4.69, 9.17) is 5.73 Å². The van der Waals surface area contributed by atoms with Crippen LogP contribution in [0.5, 0.6) is 0 Å². The largest absolute Gasteiger partial charge is 0.399 e. The number of fused-ring (bicyclic) bond motifs is 2. The summed E-state index contributed by atoms with van der Waals surface area (Å²) in [4.78, 5) is 8.61. The first-order valence-electron chi connectivity index (χ1n) is 7.04. The summed E-state index contributed by atoms with van der Waals surface area (Å²) in [5.41, 5.74) is 9.44. The SMILES string of the molecule is Nc1ccc2ncc(Nc3ccc4ccncc4c3)cc2c1. The molecule has 106 valence electrons. The van der Waals surface area contributed by atoms with Crippen LogP contribution >= 0.6 is 0 Å². The number of nitrogen functional groups attached to an aromatic ring is 1. The highest BCUT2D eigenvalue weighted by Crippen LogP contribution is 2.24. The van der Waals surface area contributed by atoms with Gasteiger partial charge in [-0.25, -0.2) is 0 Å². The zero-order valence-corrected chi connectivity index (χ0v) is 11.8. The van der Waals surface area contributed by atoms with Crippen molar-refractivity contribution in [2.45, 2.75) is 0 Å². The molecule has 3 N–H and O–H groups in total. The number of nitrogens with two attached hydrogens (primary N) is 1. The van der Waals surface area contributed by atoms with E-state index in [-0.39, 0.29) is 0 Å². The predicted molar refractivity (Wildman–Crippen MR) is 91.2 cm³/mol. The van der Waals surface area contributed by atoms with E-state index in [0.29, 0.717) is 0 Å². The molecule has 0 saturated heterocycles. The lowest BCUT2D eigenvalue weighted by molar-refractivity contribution is 1.36. The molecule has 4 rings (SSSR count). The van der Waals surface area contributed by atoms with Crippen molar-refractivity contribution in [1.29, 1.82) is 0 Å². The summed E-state index contributed by atoms with van der Waals surface area (Å²) in [5, 5.41) is 6.67. The van der Waals surface area contributed by atoms with Crippen LogP contribution in [0, 0.1) is 0 Å². The maximum absolute atomic E-state index is 5.83. The van der Waals surface area contributed by atoms with Gasteiger partial charge >= 0.3 is 0 Å². The minimum Gasteiger partial charge on any atom is -0.399 e. The van der Waals surface area contributed by atoms with E-state index in [1.165, 1.54) is 5.39 Å². The molecule has 0 saturated carbocycles. The van der Waals surface area contributed by atoms with Gasteiger partial charge in [0.25, 0.3) is 0 Å². The van der Waals surface area contributed by atoms with E-state index >= 15 is 0 Å². The second-order valence-corrected chi connectivity index (χ2v) is 5.24. The number of nitrogens with one attached hydrogen (secondary N) is 1. The van der Waals surface area contributed by atoms with Crippen LogP contribution in [0.2, 0.25) is 0 Å². The van der Waals surface area contributed by atoms with Gasteiger partial charge in [0.15, 0.2) is 0 Å². The van der Waals surface area contributed by atoms with Crippen LogP contribution in [0.4, 0.5) is 17.1 Å². The maximum Gasteiger partial charge on any atom is 0.0705 e. The van der Waals surface area contributed by atoms with E-state index in [2.05, 4.69) is 27.4 Å². The Bertz CT molecular complexity index is 979. The van der Waals surface area contributed by atoms with E-state index in [1.807, 2.05) is 48.8 Å². The molecule has 0 amide bonds. The van der Waals surface area contributed by atoms with Crippen molar-refractivity contribution in [3.63, 3.8) is 0 Å². The van der Waals surface area contributed by atoms with Gasteiger partial charge in [-0.15, -0.1) is 0 Å². The third-order valence-corrected chi connectivity index (χ3v) is 3.63. The Kier molecular flexibility index (Phi) is 2.86. The first-order chi connectivity index (χ1) is 10.8. The number of nitrogens with zero attached hydrogens (tertiary/aromatic N) is 2. The molecule has 2 aromatic heterocycles. The molecule has 0 bridgehead atoms. The minimum atomic E-state index is 0.739. The summed E-state index contributed by atoms with van der Waals surface area (Å²) >= 11 is 0. The van der Waals surface area contributed by atoms with Crippen LogP contribution in [-0.4, -0.2) is 9.97 Å². The number of hydrogen-bond acceptors (Lipinski definition) is 4. The Hall–Kier alpha value is -3.14. The topological polar surface area (TPSA) is 63.8 Å². The van der Waals surface area contributed by atoms with Gasteiger partial charge in [-0.1, -0.05) is 6.07 Å². The first kappa shape index (κ1) is 12.6. The van der Waals surface area contributed by atoms with Crippen molar-refractivity contribution in [2.24, 2.45) is 0 Å². The van der Waals surface area contributed by atoms with Crippen molar-refractivity contribution in [3.05, 3.63) is 67.1 Å². The lowest BCUT2D eigenvalue weighted by Gasteiger charge is -2.08. The molecule has 0 aliphatic carbocycles. The zero-order valence-electron chi connectivity index (χ0n) is 11.8. The molecule has 2 aromatic carbocycles. The molecule has 2 heterocycles. The van der Waals surface area contributed by atoms with Crippen LogP contribution < -0.4 is 11.1 Å². The third kappa shape index (κ3) is 2.31. The molecule has 0 atom stereocenters. The molecule has 4 heteroatoms. The average Bonchev–Trinajstić information content (AvgIpc) is 2.54. The molecule has 0 aliphatic heterocycles. The molecule has 0 unspecified atom stereocenters. The monoisotopic (exact) mass is 286 g/mol. The molecule has 22 heavy (non-hydrogen) atoms. The van der Waals surface area contributed by atoms with Gasteiger partial charge in [-0.05, 0) is 47.9 Å². The summed E-state index contributed by atoms with van der Waals surface area (Å²) in [7, 11) is 0. The minimum absolute atomic E-state index is 0.739. The molecule has 0 fully saturated rings. The van der Waals surface area contributed by atoms with Crippen molar-refractivity contribution in [2.75, 3.05) is 11.1 Å². The van der Waals surface area contributed by atoms with Crippen LogP contribution in [0.15, 0.2) is 67.1 Å². The molecule has 0 radical (unpaired) electrons. The lowest BCUT2D eigenvalue weighted by atomic mass is 10.1. The van der Waals surface area contributed by atoms with Crippen LogP contribution in [0.25, 0.3) is 21.7 Å². The van der Waals surface area contributed by atoms with Gasteiger partial charge in [0.2, 0.25) is 0 Å². The fourth-order valence-corrected chi connectivity index (χ4v) is 2.55. The van der Waals surface area contributed by atoms with E-state index in [0.717, 1.165) is 33.4 Å². The van der Waals surface area contributed by atoms with Crippen LogP contribution in [0.1, 0.15) is 0 Å². The Morgan fingerprint density at radius 2 is 1.68 bits per heavy atom. The summed E-state index contributed by atoms with van der Waals surface area (Å²) in [6, 6.07) is 16.0. The van der Waals surface area contributed by atoms with Gasteiger partial charge in [-0.2, -0.15) is 0 Å². The van der Waals surface area contributed by atoms with Crippen LogP contribution in [-0.2, 0) is 0 Å². The highest BCUT2D eigenvalue weighted by Gasteiger charge is 2.01. The molecule has 0 aliphatic rings. The summed E-state index contributed by atoms with van der Waals surface area (Å²) in [5.74, 6) is 0. The van der Waals surface area contributed by atoms with Crippen molar-refractivity contribution < 1.29 is 0 Å². The second-order valence-electron chi connectivity index (χ2n) is 5.24. The molecular weight excluding hydrogens is 272 g/mol. The van der Waals surface area contributed by atoms with Gasteiger partial charge < -0.3 is 11.1 Å². The predicted octanol–water partition coefficient (Wildman–Crippen LogP) is 4.11. The molecular formula is C18H14N4. The highest BCUT2D eigenvalue weighted by molar-refractivity contribution is 5.88. The van der Waals surface area contributed by atoms with Crippen molar-refractivity contribution in [1.82, 2.24) is 9.97 Å². The van der Waals surface area contributed by atoms with Crippen molar-refractivity contribution >= 4 is 38.7 Å². The Morgan fingerprint density at radius 1 is 0.773 bits per heavy atom. The summed E-state index contributed by atoms with van der Waals surface area (Å²) in [6.07, 6.45) is 5.49. The van der Waals surface area contributed by atoms with Gasteiger partial charge in [0.1, 0.15) is 0 Å². The van der Waals surface area contributed by atoms with Crippen molar-refractivity contribution in [3.8, 4) is 0 Å². The standard InChI is InChI=1S/C18H14N4/c19-15-2-4-18-13(7-15)8-17(11-21-18)22-16-3-1-12-5-6-20-10-14(12)9-16/h1-11,22H,19H2. The Labute approximate surface area is 127 Å². The van der Waals surface area contributed by atoms with Gasteiger partial charge in [-0.3, -0.25) is 9.97 Å². The maximum atomic E-state index is 5.83. The normalized spacial score (nSPS) is 10.9. The van der Waals surface area contributed by atoms with Gasteiger partial charge in [0, 0.05) is 34.5 Å². The van der Waals surface area contributed by atoms with E-state index in [9.17, 15) is 0 Å². The molecule has 4 aromatic rings. The van der Waals surface area contributed by atoms with E-state index in [1.54, 1.807) is 6.20 Å². The number of hydrogen-bond donors (Lipinski definition) is 2. The first-order valence-corrected chi connectivity index (χ1v) is 7.04. The number of rotatable bonds is 2. The fourth-order valence-electron chi connectivity index (χ4n) is 2.55. The highest BCUT2D eigenvalue weighted by atomic mass is 14.9. The number of benzene rings is 2. The smallest absolute Gasteiger partial charge is 0.0705 e. The summed E-state index contributed by atoms with van der Waals surface area (Å²) < 4.78 is 0. The summed E-state index contributed by atoms with van der Waals surface area (Å²) in [6.45, 7) is 0. The molecule has 0 spiro atoms. The number of anilines is 3. The number of pyridine rings is 2. The third-order valence-electron chi connectivity index (χ3n) is 3.63. The average molecular weight is 286 g/mol. The van der Waals surface area contributed by atoms with Crippen LogP contribution in [0.3, 0.4) is 0 Å². The zero-order chi connectivity index (χ0) is 14.9.